The number of carbonyl (C=O) groups excluding carboxylic acids is 1. The van der Waals surface area contributed by atoms with E-state index in [1.54, 1.807) is 7.11 Å². The van der Waals surface area contributed by atoms with Gasteiger partial charge >= 0.3 is 0 Å². The Labute approximate surface area is 144 Å². The highest BCUT2D eigenvalue weighted by Gasteiger charge is 2.33. The lowest BCUT2D eigenvalue weighted by atomic mass is 10.1. The van der Waals surface area contributed by atoms with Gasteiger partial charge in [0.2, 0.25) is 5.91 Å². The number of aliphatic hydroxyl groups is 1. The molecule has 0 unspecified atom stereocenters. The Kier molecular flexibility index (Phi) is 5.74. The largest absolute Gasteiger partial charge is 0.496 e. The number of amides is 1. The van der Waals surface area contributed by atoms with E-state index in [1.807, 2.05) is 29.2 Å². The van der Waals surface area contributed by atoms with Crippen LogP contribution in [0, 0.1) is 0 Å². The zero-order chi connectivity index (χ0) is 16.9. The third kappa shape index (κ3) is 3.90. The summed E-state index contributed by atoms with van der Waals surface area (Å²) in [6.07, 6.45) is 4.17. The molecule has 2 atom stereocenters. The normalized spacial score (nSPS) is 25.0. The van der Waals surface area contributed by atoms with Crippen LogP contribution in [0.25, 0.3) is 0 Å². The number of ether oxygens (including phenoxy) is 1. The first-order valence-electron chi connectivity index (χ1n) is 9.01. The fourth-order valence-electron chi connectivity index (χ4n) is 3.96. The number of benzene rings is 1. The molecule has 3 rings (SSSR count). The summed E-state index contributed by atoms with van der Waals surface area (Å²) in [7, 11) is 1.66. The lowest BCUT2D eigenvalue weighted by Crippen LogP contribution is -2.53. The highest BCUT2D eigenvalue weighted by Crippen LogP contribution is 2.25. The third-order valence-corrected chi connectivity index (χ3v) is 5.38. The van der Waals surface area contributed by atoms with Crippen molar-refractivity contribution in [1.82, 2.24) is 9.80 Å². The number of carbonyl (C=O) groups is 1. The van der Waals surface area contributed by atoms with Crippen LogP contribution in [-0.2, 0) is 11.2 Å². The lowest BCUT2D eigenvalue weighted by Gasteiger charge is -2.39. The third-order valence-electron chi connectivity index (χ3n) is 5.38. The molecule has 1 amide bonds. The van der Waals surface area contributed by atoms with Crippen molar-refractivity contribution in [1.29, 1.82) is 0 Å². The van der Waals surface area contributed by atoms with Crippen LogP contribution in [0.1, 0.15) is 31.2 Å². The summed E-state index contributed by atoms with van der Waals surface area (Å²) in [4.78, 5) is 16.8. The molecule has 24 heavy (non-hydrogen) atoms. The molecule has 2 fully saturated rings. The molecule has 0 radical (unpaired) electrons. The molecule has 1 saturated carbocycles. The SMILES string of the molecule is COc1ccccc1CCC(=O)N1CCN([C@@H]2CCC[C@@H]2O)CC1. The molecule has 1 aromatic carbocycles. The van der Waals surface area contributed by atoms with E-state index in [0.29, 0.717) is 18.9 Å². The molecule has 1 heterocycles. The molecule has 0 aromatic heterocycles. The zero-order valence-corrected chi connectivity index (χ0v) is 14.5. The molecule has 5 heteroatoms. The monoisotopic (exact) mass is 332 g/mol. The van der Waals surface area contributed by atoms with Gasteiger partial charge in [0, 0.05) is 38.6 Å². The minimum Gasteiger partial charge on any atom is -0.496 e. The number of hydrogen-bond acceptors (Lipinski definition) is 4. The van der Waals surface area contributed by atoms with Gasteiger partial charge in [0.1, 0.15) is 5.75 Å². The number of aryl methyl sites for hydroxylation is 1. The number of rotatable bonds is 5. The summed E-state index contributed by atoms with van der Waals surface area (Å²) < 4.78 is 5.35. The van der Waals surface area contributed by atoms with Crippen LogP contribution >= 0.6 is 0 Å². The van der Waals surface area contributed by atoms with Crippen LogP contribution in [0.2, 0.25) is 0 Å². The van der Waals surface area contributed by atoms with Crippen molar-refractivity contribution in [3.63, 3.8) is 0 Å². The van der Waals surface area contributed by atoms with Crippen molar-refractivity contribution in [2.75, 3.05) is 33.3 Å². The Morgan fingerprint density at radius 2 is 1.96 bits per heavy atom. The van der Waals surface area contributed by atoms with Crippen molar-refractivity contribution in [3.8, 4) is 5.75 Å². The van der Waals surface area contributed by atoms with E-state index in [0.717, 1.165) is 56.8 Å². The Morgan fingerprint density at radius 3 is 2.62 bits per heavy atom. The van der Waals surface area contributed by atoms with Crippen molar-refractivity contribution >= 4 is 5.91 Å². The van der Waals surface area contributed by atoms with E-state index in [2.05, 4.69) is 4.90 Å². The predicted molar refractivity (Wildman–Crippen MR) is 93.1 cm³/mol. The Balaban J connectivity index is 1.47. The summed E-state index contributed by atoms with van der Waals surface area (Å²) >= 11 is 0. The van der Waals surface area contributed by atoms with E-state index >= 15 is 0 Å². The summed E-state index contributed by atoms with van der Waals surface area (Å²) in [5.74, 6) is 1.07. The van der Waals surface area contributed by atoms with Gasteiger partial charge in [0.05, 0.1) is 13.2 Å². The van der Waals surface area contributed by atoms with E-state index in [1.165, 1.54) is 0 Å². The topological polar surface area (TPSA) is 53.0 Å². The molecule has 1 aliphatic carbocycles. The van der Waals surface area contributed by atoms with E-state index in [9.17, 15) is 9.90 Å². The van der Waals surface area contributed by atoms with Gasteiger partial charge < -0.3 is 14.7 Å². The highest BCUT2D eigenvalue weighted by atomic mass is 16.5. The van der Waals surface area contributed by atoms with Crippen molar-refractivity contribution < 1.29 is 14.6 Å². The number of para-hydroxylation sites is 1. The van der Waals surface area contributed by atoms with Gasteiger partial charge in [-0.25, -0.2) is 0 Å². The van der Waals surface area contributed by atoms with E-state index in [-0.39, 0.29) is 12.0 Å². The first-order valence-corrected chi connectivity index (χ1v) is 9.01. The fourth-order valence-corrected chi connectivity index (χ4v) is 3.96. The molecular formula is C19H28N2O3. The molecule has 5 nitrogen and oxygen atoms in total. The van der Waals surface area contributed by atoms with Crippen LogP contribution in [0.4, 0.5) is 0 Å². The fraction of sp³-hybridized carbons (Fsp3) is 0.632. The summed E-state index contributed by atoms with van der Waals surface area (Å²) in [5, 5.41) is 10.0. The van der Waals surface area contributed by atoms with Crippen LogP contribution < -0.4 is 4.74 Å². The van der Waals surface area contributed by atoms with Crippen molar-refractivity contribution in [2.24, 2.45) is 0 Å². The van der Waals surface area contributed by atoms with Gasteiger partial charge in [0.25, 0.3) is 0 Å². The van der Waals surface area contributed by atoms with Crippen molar-refractivity contribution in [3.05, 3.63) is 29.8 Å². The second-order valence-electron chi connectivity index (χ2n) is 6.79. The van der Waals surface area contributed by atoms with E-state index < -0.39 is 0 Å². The second-order valence-corrected chi connectivity index (χ2v) is 6.79. The molecule has 1 saturated heterocycles. The summed E-state index contributed by atoms with van der Waals surface area (Å²) in [6.45, 7) is 3.30. The standard InChI is InChI=1S/C19H28N2O3/c1-24-18-8-3-2-5-15(18)9-10-19(23)21-13-11-20(12-14-21)16-6-4-7-17(16)22/h2-3,5,8,16-17,22H,4,6-7,9-14H2,1H3/t16-,17+/m1/s1. The quantitative estimate of drug-likeness (QED) is 0.891. The average Bonchev–Trinajstić information content (AvgIpc) is 3.06. The summed E-state index contributed by atoms with van der Waals surface area (Å²) in [6, 6.07) is 8.18. The minimum absolute atomic E-state index is 0.183. The molecule has 2 aliphatic rings. The van der Waals surface area contributed by atoms with Crippen molar-refractivity contribution in [2.45, 2.75) is 44.2 Å². The Hall–Kier alpha value is -1.59. The molecule has 1 aliphatic heterocycles. The smallest absolute Gasteiger partial charge is 0.222 e. The van der Waals surface area contributed by atoms with Crippen LogP contribution in [0.3, 0.4) is 0 Å². The molecule has 0 bridgehead atoms. The number of piperazine rings is 1. The lowest BCUT2D eigenvalue weighted by molar-refractivity contribution is -0.133. The predicted octanol–water partition coefficient (Wildman–Crippen LogP) is 1.69. The molecular weight excluding hydrogens is 304 g/mol. The zero-order valence-electron chi connectivity index (χ0n) is 14.5. The van der Waals surface area contributed by atoms with Gasteiger partial charge in [-0.1, -0.05) is 18.2 Å². The minimum atomic E-state index is -0.183. The Bertz CT molecular complexity index is 555. The number of nitrogens with zero attached hydrogens (tertiary/aromatic N) is 2. The summed E-state index contributed by atoms with van der Waals surface area (Å²) in [5.41, 5.74) is 1.08. The van der Waals surface area contributed by atoms with Gasteiger partial charge in [-0.05, 0) is 37.3 Å². The number of hydrogen-bond donors (Lipinski definition) is 1. The first-order chi connectivity index (χ1) is 11.7. The van der Waals surface area contributed by atoms with Crippen LogP contribution in [-0.4, -0.2) is 66.2 Å². The molecule has 132 valence electrons. The van der Waals surface area contributed by atoms with E-state index in [4.69, 9.17) is 4.74 Å². The highest BCUT2D eigenvalue weighted by molar-refractivity contribution is 5.76. The second kappa shape index (κ2) is 7.99. The maximum absolute atomic E-state index is 12.5. The van der Waals surface area contributed by atoms with Gasteiger partial charge in [-0.15, -0.1) is 0 Å². The van der Waals surface area contributed by atoms with Gasteiger partial charge in [0.15, 0.2) is 0 Å². The first kappa shape index (κ1) is 17.2. The molecule has 1 N–H and O–H groups in total. The number of methoxy groups -OCH3 is 1. The van der Waals surface area contributed by atoms with Crippen LogP contribution in [0.15, 0.2) is 24.3 Å². The van der Waals surface area contributed by atoms with Crippen LogP contribution in [0.5, 0.6) is 5.75 Å². The molecule has 1 aromatic rings. The van der Waals surface area contributed by atoms with Gasteiger partial charge in [-0.2, -0.15) is 0 Å². The molecule has 0 spiro atoms. The average molecular weight is 332 g/mol. The number of aliphatic hydroxyl groups excluding tert-OH is 1. The maximum Gasteiger partial charge on any atom is 0.222 e. The maximum atomic E-state index is 12.5. The van der Waals surface area contributed by atoms with Gasteiger partial charge in [-0.3, -0.25) is 9.69 Å². The Morgan fingerprint density at radius 1 is 1.21 bits per heavy atom.